The molecule has 5 heteroatoms. The largest absolute Gasteiger partial charge is 0.464 e. The second-order valence-corrected chi connectivity index (χ2v) is 3.63. The quantitative estimate of drug-likeness (QED) is 0.782. The highest BCUT2D eigenvalue weighted by molar-refractivity contribution is 5.94. The number of H-pyrrole nitrogens is 1. The number of methoxy groups -OCH3 is 1. The van der Waals surface area contributed by atoms with E-state index < -0.39 is 5.97 Å². The lowest BCUT2D eigenvalue weighted by molar-refractivity contribution is 0.0596. The van der Waals surface area contributed by atoms with Gasteiger partial charge in [-0.15, -0.1) is 0 Å². The Hall–Kier alpha value is -2.30. The maximum atomic E-state index is 11.4. The van der Waals surface area contributed by atoms with E-state index in [0.29, 0.717) is 17.8 Å². The molecule has 0 bridgehead atoms. The normalized spacial score (nSPS) is 10.2. The number of nitrogens with zero attached hydrogens (tertiary/aromatic N) is 1. The summed E-state index contributed by atoms with van der Waals surface area (Å²) in [5, 5.41) is 0. The molecule has 17 heavy (non-hydrogen) atoms. The van der Waals surface area contributed by atoms with E-state index in [1.54, 1.807) is 18.6 Å². The van der Waals surface area contributed by atoms with Crippen molar-refractivity contribution in [2.45, 2.75) is 6.42 Å². The Kier molecular flexibility index (Phi) is 3.09. The molecule has 0 saturated carbocycles. The molecule has 0 atom stereocenters. The van der Waals surface area contributed by atoms with Gasteiger partial charge >= 0.3 is 5.97 Å². The van der Waals surface area contributed by atoms with Crippen LogP contribution in [-0.4, -0.2) is 23.0 Å². The van der Waals surface area contributed by atoms with Gasteiger partial charge in [-0.3, -0.25) is 4.98 Å². The van der Waals surface area contributed by atoms with Gasteiger partial charge in [0, 0.05) is 25.0 Å². The van der Waals surface area contributed by atoms with Crippen LogP contribution in [0.5, 0.6) is 0 Å². The molecule has 2 rings (SSSR count). The number of esters is 1. The average Bonchev–Trinajstić information content (AvgIpc) is 2.72. The van der Waals surface area contributed by atoms with E-state index in [0.717, 1.165) is 11.1 Å². The first-order valence-corrected chi connectivity index (χ1v) is 5.15. The molecule has 0 saturated heterocycles. The van der Waals surface area contributed by atoms with Crippen molar-refractivity contribution >= 4 is 11.7 Å². The lowest BCUT2D eigenvalue weighted by Crippen LogP contribution is -2.05. The summed E-state index contributed by atoms with van der Waals surface area (Å²) >= 11 is 0. The number of hydrogen-bond donors (Lipinski definition) is 2. The third-order valence-electron chi connectivity index (χ3n) is 2.51. The van der Waals surface area contributed by atoms with E-state index in [9.17, 15) is 4.79 Å². The van der Waals surface area contributed by atoms with Crippen molar-refractivity contribution in [1.29, 1.82) is 0 Å². The van der Waals surface area contributed by atoms with Gasteiger partial charge in [-0.25, -0.2) is 4.79 Å². The summed E-state index contributed by atoms with van der Waals surface area (Å²) in [7, 11) is 1.32. The molecule has 0 aliphatic heterocycles. The topological polar surface area (TPSA) is 81.0 Å². The molecular formula is C12H13N3O2. The maximum Gasteiger partial charge on any atom is 0.356 e. The molecule has 0 radical (unpaired) electrons. The van der Waals surface area contributed by atoms with E-state index >= 15 is 0 Å². The van der Waals surface area contributed by atoms with Gasteiger partial charge < -0.3 is 15.5 Å². The Balaban J connectivity index is 2.24. The number of rotatable bonds is 3. The van der Waals surface area contributed by atoms with E-state index in [2.05, 4.69) is 14.7 Å². The van der Waals surface area contributed by atoms with Crippen LogP contribution >= 0.6 is 0 Å². The highest BCUT2D eigenvalue weighted by atomic mass is 16.5. The Morgan fingerprint density at radius 1 is 1.59 bits per heavy atom. The molecule has 0 unspecified atom stereocenters. The summed E-state index contributed by atoms with van der Waals surface area (Å²) < 4.78 is 4.62. The zero-order valence-corrected chi connectivity index (χ0v) is 9.43. The van der Waals surface area contributed by atoms with Gasteiger partial charge in [-0.1, -0.05) is 6.07 Å². The fourth-order valence-electron chi connectivity index (χ4n) is 1.62. The first kappa shape index (κ1) is 11.2. The fourth-order valence-corrected chi connectivity index (χ4v) is 1.62. The van der Waals surface area contributed by atoms with Crippen molar-refractivity contribution in [2.75, 3.05) is 12.8 Å². The molecule has 5 nitrogen and oxygen atoms in total. The Morgan fingerprint density at radius 3 is 3.06 bits per heavy atom. The number of aromatic amines is 1. The first-order chi connectivity index (χ1) is 8.22. The first-order valence-electron chi connectivity index (χ1n) is 5.15. The Bertz CT molecular complexity index is 520. The summed E-state index contributed by atoms with van der Waals surface area (Å²) in [6.07, 6.45) is 5.83. The molecule has 0 aliphatic carbocycles. The molecule has 0 amide bonds. The van der Waals surface area contributed by atoms with Crippen LogP contribution in [0.3, 0.4) is 0 Å². The predicted octanol–water partition coefficient (Wildman–Crippen LogP) is 1.37. The van der Waals surface area contributed by atoms with Gasteiger partial charge in [-0.05, 0) is 17.2 Å². The lowest BCUT2D eigenvalue weighted by atomic mass is 10.1. The number of carbonyl (C=O) groups is 1. The smallest absolute Gasteiger partial charge is 0.356 e. The minimum atomic E-state index is -0.458. The number of pyridine rings is 1. The van der Waals surface area contributed by atoms with E-state index in [1.165, 1.54) is 7.11 Å². The Morgan fingerprint density at radius 2 is 2.41 bits per heavy atom. The van der Waals surface area contributed by atoms with Gasteiger partial charge in [0.1, 0.15) is 5.69 Å². The molecule has 2 aromatic rings. The second-order valence-electron chi connectivity index (χ2n) is 3.63. The lowest BCUT2D eigenvalue weighted by Gasteiger charge is -2.01. The van der Waals surface area contributed by atoms with Crippen molar-refractivity contribution in [3.8, 4) is 0 Å². The van der Waals surface area contributed by atoms with E-state index in [1.807, 2.05) is 12.1 Å². The Labute approximate surface area is 98.6 Å². The molecule has 0 fully saturated rings. The van der Waals surface area contributed by atoms with Crippen LogP contribution < -0.4 is 5.73 Å². The summed E-state index contributed by atoms with van der Waals surface area (Å²) in [6.45, 7) is 0. The van der Waals surface area contributed by atoms with E-state index in [-0.39, 0.29) is 0 Å². The number of aromatic nitrogens is 2. The van der Waals surface area contributed by atoms with Gasteiger partial charge in [0.05, 0.1) is 12.8 Å². The number of ether oxygens (including phenoxy) is 1. The minimum Gasteiger partial charge on any atom is -0.464 e. The van der Waals surface area contributed by atoms with Crippen molar-refractivity contribution in [1.82, 2.24) is 9.97 Å². The van der Waals surface area contributed by atoms with Crippen molar-refractivity contribution in [2.24, 2.45) is 0 Å². The number of anilines is 1. The SMILES string of the molecule is COC(=O)c1[nH]cc(Cc2cccnc2)c1N. The van der Waals surface area contributed by atoms with Gasteiger partial charge in [0.25, 0.3) is 0 Å². The number of nitrogens with two attached hydrogens (primary N) is 1. The zero-order chi connectivity index (χ0) is 12.3. The van der Waals surface area contributed by atoms with Crippen molar-refractivity contribution in [3.05, 3.63) is 47.5 Å². The summed E-state index contributed by atoms with van der Waals surface area (Å²) in [4.78, 5) is 18.2. The molecule has 0 spiro atoms. The van der Waals surface area contributed by atoms with Crippen LogP contribution in [0.2, 0.25) is 0 Å². The number of nitrogen functional groups attached to an aromatic ring is 1. The van der Waals surface area contributed by atoms with Crippen molar-refractivity contribution in [3.63, 3.8) is 0 Å². The van der Waals surface area contributed by atoms with Crippen LogP contribution in [0.1, 0.15) is 21.6 Å². The van der Waals surface area contributed by atoms with Gasteiger partial charge in [0.15, 0.2) is 0 Å². The molecule has 3 N–H and O–H groups in total. The average molecular weight is 231 g/mol. The summed E-state index contributed by atoms with van der Waals surface area (Å²) in [5.74, 6) is -0.458. The highest BCUT2D eigenvalue weighted by Gasteiger charge is 2.15. The second kappa shape index (κ2) is 4.69. The van der Waals surface area contributed by atoms with E-state index in [4.69, 9.17) is 5.73 Å². The fraction of sp³-hybridized carbons (Fsp3) is 0.167. The van der Waals surface area contributed by atoms with Gasteiger partial charge in [-0.2, -0.15) is 0 Å². The van der Waals surface area contributed by atoms with Gasteiger partial charge in [0.2, 0.25) is 0 Å². The third kappa shape index (κ3) is 2.28. The van der Waals surface area contributed by atoms with Crippen LogP contribution in [0.15, 0.2) is 30.7 Å². The summed E-state index contributed by atoms with van der Waals surface area (Å²) in [6, 6.07) is 3.82. The number of hydrogen-bond acceptors (Lipinski definition) is 4. The van der Waals surface area contributed by atoms with Crippen molar-refractivity contribution < 1.29 is 9.53 Å². The standard InChI is InChI=1S/C12H13N3O2/c1-17-12(16)11-10(13)9(7-15-11)5-8-3-2-4-14-6-8/h2-4,6-7,15H,5,13H2,1H3. The summed E-state index contributed by atoms with van der Waals surface area (Å²) in [5.41, 5.74) is 8.50. The zero-order valence-electron chi connectivity index (χ0n) is 9.43. The molecule has 2 aromatic heterocycles. The maximum absolute atomic E-state index is 11.4. The van der Waals surface area contributed by atoms with Crippen LogP contribution in [-0.2, 0) is 11.2 Å². The number of nitrogens with one attached hydrogen (secondary N) is 1. The third-order valence-corrected chi connectivity index (χ3v) is 2.51. The molecule has 88 valence electrons. The van der Waals surface area contributed by atoms with Crippen LogP contribution in [0.25, 0.3) is 0 Å². The predicted molar refractivity (Wildman–Crippen MR) is 63.6 cm³/mol. The monoisotopic (exact) mass is 231 g/mol. The molecular weight excluding hydrogens is 218 g/mol. The molecule has 0 aromatic carbocycles. The highest BCUT2D eigenvalue weighted by Crippen LogP contribution is 2.20. The van der Waals surface area contributed by atoms with Crippen LogP contribution in [0.4, 0.5) is 5.69 Å². The minimum absolute atomic E-state index is 0.298. The number of carbonyl (C=O) groups excluding carboxylic acids is 1. The molecule has 2 heterocycles. The molecule has 0 aliphatic rings. The van der Waals surface area contributed by atoms with Crippen LogP contribution in [0, 0.1) is 0 Å².